The summed E-state index contributed by atoms with van der Waals surface area (Å²) >= 11 is 1.61. The molecule has 4 aromatic rings. The van der Waals surface area contributed by atoms with Gasteiger partial charge in [0.1, 0.15) is 5.75 Å². The molecule has 1 aromatic carbocycles. The summed E-state index contributed by atoms with van der Waals surface area (Å²) in [4.78, 5) is 15.8. The molecule has 1 amide bonds. The molecule has 9 heteroatoms. The lowest BCUT2D eigenvalue weighted by molar-refractivity contribution is -0.0373. The standard InChI is InChI=1S/C26H27N5O3S/c1-26(2)15-34-9-8-30(26)25(32)23-20-11-16-12-22(33-4)19(21-5-7-29(3)27-21)13-18(16)24(20)31(28-23)17-6-10-35-14-17/h5-7,10,12-14H,8-9,11,15H2,1-4H3. The number of aromatic nitrogens is 4. The number of thiophene rings is 1. The van der Waals surface area contributed by atoms with E-state index in [1.54, 1.807) is 23.1 Å². The highest BCUT2D eigenvalue weighted by Gasteiger charge is 2.39. The van der Waals surface area contributed by atoms with E-state index in [1.807, 2.05) is 54.2 Å². The highest BCUT2D eigenvalue weighted by molar-refractivity contribution is 7.08. The first-order valence-corrected chi connectivity index (χ1v) is 12.6. The molecule has 1 saturated heterocycles. The summed E-state index contributed by atoms with van der Waals surface area (Å²) in [7, 11) is 3.58. The molecule has 4 heterocycles. The van der Waals surface area contributed by atoms with Crippen LogP contribution in [0.3, 0.4) is 0 Å². The average Bonchev–Trinajstić information content (AvgIpc) is 3.62. The molecule has 0 saturated carbocycles. The molecule has 2 aliphatic rings. The molecule has 1 aliphatic carbocycles. The zero-order chi connectivity index (χ0) is 24.3. The van der Waals surface area contributed by atoms with Crippen LogP contribution in [0.25, 0.3) is 28.2 Å². The molecule has 0 N–H and O–H groups in total. The van der Waals surface area contributed by atoms with Gasteiger partial charge in [-0.05, 0) is 49.1 Å². The van der Waals surface area contributed by atoms with Crippen molar-refractivity contribution in [2.45, 2.75) is 25.8 Å². The smallest absolute Gasteiger partial charge is 0.275 e. The minimum absolute atomic E-state index is 0.0479. The van der Waals surface area contributed by atoms with Crippen molar-refractivity contribution in [3.63, 3.8) is 0 Å². The van der Waals surface area contributed by atoms with Crippen LogP contribution >= 0.6 is 11.3 Å². The molecule has 0 spiro atoms. The highest BCUT2D eigenvalue weighted by atomic mass is 32.1. The van der Waals surface area contributed by atoms with E-state index < -0.39 is 5.54 Å². The first-order valence-electron chi connectivity index (χ1n) is 11.6. The number of carbonyl (C=O) groups excluding carboxylic acids is 1. The number of methoxy groups -OCH3 is 1. The third-order valence-corrected chi connectivity index (χ3v) is 7.54. The molecular formula is C26H27N5O3S. The summed E-state index contributed by atoms with van der Waals surface area (Å²) in [5.74, 6) is 0.720. The predicted octanol–water partition coefficient (Wildman–Crippen LogP) is 4.17. The van der Waals surface area contributed by atoms with Crippen LogP contribution in [0.15, 0.2) is 41.2 Å². The van der Waals surface area contributed by atoms with Gasteiger partial charge in [-0.2, -0.15) is 21.5 Å². The number of hydrogen-bond donors (Lipinski definition) is 0. The fraction of sp³-hybridized carbons (Fsp3) is 0.346. The van der Waals surface area contributed by atoms with Gasteiger partial charge in [0.05, 0.1) is 42.9 Å². The molecule has 6 rings (SSSR count). The van der Waals surface area contributed by atoms with Gasteiger partial charge in [-0.15, -0.1) is 0 Å². The number of aryl methyl sites for hydroxylation is 1. The second kappa shape index (κ2) is 8.07. The third kappa shape index (κ3) is 3.49. The Balaban J connectivity index is 1.53. The van der Waals surface area contributed by atoms with Crippen LogP contribution in [-0.2, 0) is 18.2 Å². The summed E-state index contributed by atoms with van der Waals surface area (Å²) in [6, 6.07) is 8.21. The van der Waals surface area contributed by atoms with E-state index in [0.717, 1.165) is 45.1 Å². The van der Waals surface area contributed by atoms with E-state index in [4.69, 9.17) is 14.6 Å². The summed E-state index contributed by atoms with van der Waals surface area (Å²) in [5, 5.41) is 13.6. The normalized spacial score (nSPS) is 16.3. The second-order valence-corrected chi connectivity index (χ2v) is 10.4. The van der Waals surface area contributed by atoms with Crippen LogP contribution in [0.1, 0.15) is 35.5 Å². The largest absolute Gasteiger partial charge is 0.496 e. The number of amides is 1. The molecule has 1 fully saturated rings. The number of hydrogen-bond acceptors (Lipinski definition) is 6. The number of morpholine rings is 1. The number of carbonyl (C=O) groups is 1. The Bertz CT molecular complexity index is 1430. The Morgan fingerprint density at radius 3 is 2.74 bits per heavy atom. The van der Waals surface area contributed by atoms with Gasteiger partial charge in [-0.25, -0.2) is 4.68 Å². The Kier molecular flexibility index (Phi) is 5.08. The van der Waals surface area contributed by atoms with Crippen LogP contribution in [0.5, 0.6) is 5.75 Å². The lowest BCUT2D eigenvalue weighted by atomic mass is 10.0. The molecule has 180 valence electrons. The molecule has 0 bridgehead atoms. The number of nitrogens with zero attached hydrogens (tertiary/aromatic N) is 5. The maximum absolute atomic E-state index is 13.9. The van der Waals surface area contributed by atoms with Crippen molar-refractivity contribution in [2.75, 3.05) is 26.9 Å². The zero-order valence-electron chi connectivity index (χ0n) is 20.2. The first-order chi connectivity index (χ1) is 16.9. The molecule has 3 aromatic heterocycles. The van der Waals surface area contributed by atoms with Crippen LogP contribution in [-0.4, -0.2) is 62.8 Å². The summed E-state index contributed by atoms with van der Waals surface area (Å²) in [6.07, 6.45) is 2.55. The number of ether oxygens (including phenoxy) is 2. The lowest BCUT2D eigenvalue weighted by Crippen LogP contribution is -2.55. The molecule has 0 unspecified atom stereocenters. The van der Waals surface area contributed by atoms with Crippen molar-refractivity contribution in [1.82, 2.24) is 24.5 Å². The first kappa shape index (κ1) is 22.1. The van der Waals surface area contributed by atoms with Gasteiger partial charge in [0.2, 0.25) is 0 Å². The van der Waals surface area contributed by atoms with Crippen molar-refractivity contribution in [1.29, 1.82) is 0 Å². The van der Waals surface area contributed by atoms with Crippen molar-refractivity contribution >= 4 is 17.2 Å². The van der Waals surface area contributed by atoms with E-state index in [2.05, 4.69) is 22.6 Å². The van der Waals surface area contributed by atoms with Gasteiger partial charge in [0, 0.05) is 48.3 Å². The summed E-state index contributed by atoms with van der Waals surface area (Å²) < 4.78 is 15.1. The topological polar surface area (TPSA) is 74.4 Å². The minimum atomic E-state index is -0.394. The van der Waals surface area contributed by atoms with Crippen LogP contribution in [0.4, 0.5) is 0 Å². The van der Waals surface area contributed by atoms with Gasteiger partial charge in [0.15, 0.2) is 5.69 Å². The molecule has 8 nitrogen and oxygen atoms in total. The average molecular weight is 490 g/mol. The SMILES string of the molecule is COc1cc2c(cc1-c1ccn(C)n1)-c1c(c(C(=O)N3CCOCC3(C)C)nn1-c1ccsc1)C2. The molecule has 1 aliphatic heterocycles. The van der Waals surface area contributed by atoms with Crippen molar-refractivity contribution in [2.24, 2.45) is 7.05 Å². The molecule has 0 radical (unpaired) electrons. The third-order valence-electron chi connectivity index (χ3n) is 6.86. The Labute approximate surface area is 207 Å². The van der Waals surface area contributed by atoms with E-state index in [-0.39, 0.29) is 5.91 Å². The van der Waals surface area contributed by atoms with E-state index in [1.165, 1.54) is 0 Å². The molecular weight excluding hydrogens is 462 g/mol. The maximum Gasteiger partial charge on any atom is 0.275 e. The summed E-state index contributed by atoms with van der Waals surface area (Å²) in [6.45, 7) is 5.68. The fourth-order valence-electron chi connectivity index (χ4n) is 5.10. The highest BCUT2D eigenvalue weighted by Crippen LogP contribution is 2.45. The van der Waals surface area contributed by atoms with Gasteiger partial charge in [-0.1, -0.05) is 0 Å². The quantitative estimate of drug-likeness (QED) is 0.379. The molecule has 35 heavy (non-hydrogen) atoms. The lowest BCUT2D eigenvalue weighted by Gasteiger charge is -2.41. The van der Waals surface area contributed by atoms with E-state index in [0.29, 0.717) is 31.9 Å². The number of benzene rings is 1. The maximum atomic E-state index is 13.9. The zero-order valence-corrected chi connectivity index (χ0v) is 21.1. The van der Waals surface area contributed by atoms with Crippen molar-refractivity contribution in [3.8, 4) is 34.0 Å². The molecule has 0 atom stereocenters. The van der Waals surface area contributed by atoms with Gasteiger partial charge in [-0.3, -0.25) is 9.48 Å². The Morgan fingerprint density at radius 1 is 1.20 bits per heavy atom. The Morgan fingerprint density at radius 2 is 2.06 bits per heavy atom. The number of fused-ring (bicyclic) bond motifs is 3. The van der Waals surface area contributed by atoms with Crippen LogP contribution in [0.2, 0.25) is 0 Å². The van der Waals surface area contributed by atoms with Gasteiger partial charge >= 0.3 is 0 Å². The van der Waals surface area contributed by atoms with Crippen molar-refractivity contribution < 1.29 is 14.3 Å². The van der Waals surface area contributed by atoms with Crippen LogP contribution < -0.4 is 4.74 Å². The van der Waals surface area contributed by atoms with Crippen LogP contribution in [0, 0.1) is 0 Å². The van der Waals surface area contributed by atoms with Crippen molar-refractivity contribution in [3.05, 3.63) is 58.0 Å². The minimum Gasteiger partial charge on any atom is -0.496 e. The predicted molar refractivity (Wildman–Crippen MR) is 134 cm³/mol. The van der Waals surface area contributed by atoms with E-state index >= 15 is 0 Å². The van der Waals surface area contributed by atoms with E-state index in [9.17, 15) is 4.79 Å². The van der Waals surface area contributed by atoms with Gasteiger partial charge in [0.25, 0.3) is 5.91 Å². The summed E-state index contributed by atoms with van der Waals surface area (Å²) in [5.41, 5.74) is 6.92. The number of rotatable bonds is 4. The Hall–Kier alpha value is -3.43. The monoisotopic (exact) mass is 489 g/mol. The van der Waals surface area contributed by atoms with Gasteiger partial charge < -0.3 is 14.4 Å². The second-order valence-electron chi connectivity index (χ2n) is 9.65. The fourth-order valence-corrected chi connectivity index (χ4v) is 5.71.